The van der Waals surface area contributed by atoms with Crippen LogP contribution in [0.4, 0.5) is 0 Å². The van der Waals surface area contributed by atoms with Crippen LogP contribution in [-0.4, -0.2) is 63.5 Å². The summed E-state index contributed by atoms with van der Waals surface area (Å²) in [6, 6.07) is 3.38. The lowest BCUT2D eigenvalue weighted by Crippen LogP contribution is -2.40. The lowest BCUT2D eigenvalue weighted by molar-refractivity contribution is -0.129. The van der Waals surface area contributed by atoms with E-state index in [1.807, 2.05) is 0 Å². The zero-order valence-electron chi connectivity index (χ0n) is 11.1. The van der Waals surface area contributed by atoms with Crippen molar-refractivity contribution in [3.8, 4) is 0 Å². The van der Waals surface area contributed by atoms with Gasteiger partial charge < -0.3 is 14.9 Å². The molecular weight excluding hydrogens is 258 g/mol. The summed E-state index contributed by atoms with van der Waals surface area (Å²) in [5.41, 5.74) is 0.605. The molecule has 1 aromatic rings. The van der Waals surface area contributed by atoms with Crippen LogP contribution in [0.1, 0.15) is 23.2 Å². The fraction of sp³-hybridized carbons (Fsp3) is 0.500. The molecule has 1 aromatic heterocycles. The maximum atomic E-state index is 12.5. The number of fused-ring (bicyclic) bond motifs is 1. The third-order valence-electron chi connectivity index (χ3n) is 4.14. The van der Waals surface area contributed by atoms with Crippen molar-refractivity contribution in [3.05, 3.63) is 30.1 Å². The van der Waals surface area contributed by atoms with Gasteiger partial charge in [0.15, 0.2) is 0 Å². The number of likely N-dealkylation sites (tertiary alicyclic amines) is 2. The molecule has 0 bridgehead atoms. The standard InChI is InChI=1S/C14H17N3O3/c18-8-7-16-11-3-6-17(12(11)9-13(16)19)14(20)10-1-4-15-5-2-10/h1-2,4-5,11-12,18H,3,6-9H2/t11-,12+/m1/s1. The average molecular weight is 275 g/mol. The maximum Gasteiger partial charge on any atom is 0.254 e. The Balaban J connectivity index is 1.78. The molecule has 3 heterocycles. The zero-order chi connectivity index (χ0) is 14.1. The number of amides is 2. The molecule has 3 rings (SSSR count). The third-order valence-corrected chi connectivity index (χ3v) is 4.14. The Kier molecular flexibility index (Phi) is 3.40. The summed E-state index contributed by atoms with van der Waals surface area (Å²) in [6.45, 7) is 0.982. The molecule has 0 spiro atoms. The highest BCUT2D eigenvalue weighted by Crippen LogP contribution is 2.33. The predicted octanol–water partition coefficient (Wildman–Crippen LogP) is -0.111. The molecule has 0 aliphatic carbocycles. The summed E-state index contributed by atoms with van der Waals surface area (Å²) in [4.78, 5) is 31.8. The second-order valence-corrected chi connectivity index (χ2v) is 5.17. The monoisotopic (exact) mass is 275 g/mol. The van der Waals surface area contributed by atoms with Gasteiger partial charge in [0.2, 0.25) is 5.91 Å². The molecule has 0 radical (unpaired) electrons. The van der Waals surface area contributed by atoms with Gasteiger partial charge in [0.05, 0.1) is 18.7 Å². The number of aromatic nitrogens is 1. The highest BCUT2D eigenvalue weighted by atomic mass is 16.3. The van der Waals surface area contributed by atoms with E-state index in [1.54, 1.807) is 34.3 Å². The van der Waals surface area contributed by atoms with Crippen molar-refractivity contribution < 1.29 is 14.7 Å². The second-order valence-electron chi connectivity index (χ2n) is 5.17. The van der Waals surface area contributed by atoms with Gasteiger partial charge in [-0.2, -0.15) is 0 Å². The van der Waals surface area contributed by atoms with Crippen LogP contribution in [-0.2, 0) is 4.79 Å². The van der Waals surface area contributed by atoms with Gasteiger partial charge in [-0.1, -0.05) is 0 Å². The molecule has 20 heavy (non-hydrogen) atoms. The minimum absolute atomic E-state index is 0.0290. The number of pyridine rings is 1. The quantitative estimate of drug-likeness (QED) is 0.835. The summed E-state index contributed by atoms with van der Waals surface area (Å²) in [5, 5.41) is 9.04. The lowest BCUT2D eigenvalue weighted by Gasteiger charge is -2.25. The Bertz CT molecular complexity index is 520. The molecular formula is C14H17N3O3. The van der Waals surface area contributed by atoms with Crippen molar-refractivity contribution in [2.24, 2.45) is 0 Å². The molecule has 6 heteroatoms. The van der Waals surface area contributed by atoms with Gasteiger partial charge in [-0.3, -0.25) is 14.6 Å². The van der Waals surface area contributed by atoms with Gasteiger partial charge >= 0.3 is 0 Å². The van der Waals surface area contributed by atoms with Crippen molar-refractivity contribution in [2.75, 3.05) is 19.7 Å². The molecule has 2 amide bonds. The number of carbonyl (C=O) groups is 2. The van der Waals surface area contributed by atoms with Crippen LogP contribution in [0.25, 0.3) is 0 Å². The number of β-amino-alcohol motifs (C(OH)–C–C–N with tert-alkyl or cyclic N) is 1. The molecule has 2 fully saturated rings. The topological polar surface area (TPSA) is 73.7 Å². The largest absolute Gasteiger partial charge is 0.395 e. The zero-order valence-corrected chi connectivity index (χ0v) is 11.1. The van der Waals surface area contributed by atoms with Gasteiger partial charge in [0.1, 0.15) is 0 Å². The van der Waals surface area contributed by atoms with E-state index in [0.717, 1.165) is 6.42 Å². The Morgan fingerprint density at radius 1 is 1.35 bits per heavy atom. The number of aliphatic hydroxyl groups is 1. The van der Waals surface area contributed by atoms with Crippen molar-refractivity contribution in [1.29, 1.82) is 0 Å². The molecule has 2 atom stereocenters. The van der Waals surface area contributed by atoms with E-state index in [0.29, 0.717) is 25.1 Å². The average Bonchev–Trinajstić information content (AvgIpc) is 3.00. The highest BCUT2D eigenvalue weighted by Gasteiger charge is 2.47. The van der Waals surface area contributed by atoms with Crippen LogP contribution < -0.4 is 0 Å². The first kappa shape index (κ1) is 13.1. The van der Waals surface area contributed by atoms with Crippen LogP contribution >= 0.6 is 0 Å². The Hall–Kier alpha value is -1.95. The first-order chi connectivity index (χ1) is 9.72. The molecule has 2 aliphatic heterocycles. The highest BCUT2D eigenvalue weighted by molar-refractivity contribution is 5.95. The van der Waals surface area contributed by atoms with E-state index in [4.69, 9.17) is 5.11 Å². The van der Waals surface area contributed by atoms with E-state index in [2.05, 4.69) is 4.98 Å². The fourth-order valence-electron chi connectivity index (χ4n) is 3.24. The number of aliphatic hydroxyl groups excluding tert-OH is 1. The smallest absolute Gasteiger partial charge is 0.254 e. The van der Waals surface area contributed by atoms with E-state index in [9.17, 15) is 9.59 Å². The summed E-state index contributed by atoms with van der Waals surface area (Å²) in [7, 11) is 0. The number of hydrogen-bond acceptors (Lipinski definition) is 4. The van der Waals surface area contributed by atoms with E-state index in [1.165, 1.54) is 0 Å². The normalized spacial score (nSPS) is 25.1. The van der Waals surface area contributed by atoms with Crippen molar-refractivity contribution in [1.82, 2.24) is 14.8 Å². The molecule has 0 unspecified atom stereocenters. The molecule has 0 saturated carbocycles. The van der Waals surface area contributed by atoms with Crippen LogP contribution in [0.15, 0.2) is 24.5 Å². The lowest BCUT2D eigenvalue weighted by atomic mass is 10.1. The second kappa shape index (κ2) is 5.20. The van der Waals surface area contributed by atoms with Crippen LogP contribution in [0, 0.1) is 0 Å². The third kappa shape index (κ3) is 2.06. The predicted molar refractivity (Wildman–Crippen MR) is 70.9 cm³/mol. The number of hydrogen-bond donors (Lipinski definition) is 1. The van der Waals surface area contributed by atoms with E-state index < -0.39 is 0 Å². The summed E-state index contributed by atoms with van der Waals surface area (Å²) >= 11 is 0. The molecule has 2 saturated heterocycles. The number of nitrogens with zero attached hydrogens (tertiary/aromatic N) is 3. The Morgan fingerprint density at radius 3 is 2.80 bits per heavy atom. The minimum atomic E-state index is -0.0604. The molecule has 106 valence electrons. The Morgan fingerprint density at radius 2 is 2.10 bits per heavy atom. The molecule has 2 aliphatic rings. The van der Waals surface area contributed by atoms with Crippen LogP contribution in [0.2, 0.25) is 0 Å². The molecule has 1 N–H and O–H groups in total. The first-order valence-corrected chi connectivity index (χ1v) is 6.83. The van der Waals surface area contributed by atoms with Gasteiger partial charge in [0.25, 0.3) is 5.91 Å². The molecule has 6 nitrogen and oxygen atoms in total. The van der Waals surface area contributed by atoms with Gasteiger partial charge in [-0.15, -0.1) is 0 Å². The minimum Gasteiger partial charge on any atom is -0.395 e. The van der Waals surface area contributed by atoms with Crippen LogP contribution in [0.3, 0.4) is 0 Å². The summed E-state index contributed by atoms with van der Waals surface area (Å²) in [5.74, 6) is -0.0140. The first-order valence-electron chi connectivity index (χ1n) is 6.83. The summed E-state index contributed by atoms with van der Waals surface area (Å²) < 4.78 is 0. The SMILES string of the molecule is O=C1C[C@H]2[C@@H](CCN2C(=O)c2ccncc2)N1CCO. The van der Waals surface area contributed by atoms with Crippen molar-refractivity contribution >= 4 is 11.8 Å². The maximum absolute atomic E-state index is 12.5. The van der Waals surface area contributed by atoms with Gasteiger partial charge in [-0.25, -0.2) is 0 Å². The fourth-order valence-corrected chi connectivity index (χ4v) is 3.24. The van der Waals surface area contributed by atoms with Gasteiger partial charge in [0, 0.05) is 37.5 Å². The van der Waals surface area contributed by atoms with Gasteiger partial charge in [-0.05, 0) is 18.6 Å². The van der Waals surface area contributed by atoms with Crippen molar-refractivity contribution in [3.63, 3.8) is 0 Å². The summed E-state index contributed by atoms with van der Waals surface area (Å²) in [6.07, 6.45) is 4.34. The van der Waals surface area contributed by atoms with Crippen molar-refractivity contribution in [2.45, 2.75) is 24.9 Å². The van der Waals surface area contributed by atoms with E-state index in [-0.39, 0.29) is 30.5 Å². The number of carbonyl (C=O) groups excluding carboxylic acids is 2. The van der Waals surface area contributed by atoms with Crippen LogP contribution in [0.5, 0.6) is 0 Å². The number of rotatable bonds is 3. The van der Waals surface area contributed by atoms with E-state index >= 15 is 0 Å². The Labute approximate surface area is 117 Å². The molecule has 0 aromatic carbocycles.